The molecule has 5 nitrogen and oxygen atoms in total. The topological polar surface area (TPSA) is 49.3 Å². The van der Waals surface area contributed by atoms with Crippen molar-refractivity contribution in [1.82, 2.24) is 14.9 Å². The van der Waals surface area contributed by atoms with Gasteiger partial charge in [0.1, 0.15) is 0 Å². The molecule has 0 N–H and O–H groups in total. The number of carbonyl (C=O) groups excluding carboxylic acids is 1. The number of thiophene rings is 1. The third-order valence-electron chi connectivity index (χ3n) is 6.59. The zero-order valence-corrected chi connectivity index (χ0v) is 18.5. The molecule has 3 heterocycles. The molecule has 0 radical (unpaired) electrons. The predicted octanol–water partition coefficient (Wildman–Crippen LogP) is 4.36. The zero-order valence-electron chi connectivity index (χ0n) is 17.7. The Bertz CT molecular complexity index is 1070. The molecule has 0 bridgehead atoms. The Kier molecular flexibility index (Phi) is 5.19. The number of aromatic nitrogens is 2. The zero-order chi connectivity index (χ0) is 20.7. The average molecular weight is 421 g/mol. The van der Waals surface area contributed by atoms with Gasteiger partial charge < -0.3 is 9.80 Å². The van der Waals surface area contributed by atoms with Gasteiger partial charge in [-0.05, 0) is 84.7 Å². The van der Waals surface area contributed by atoms with E-state index >= 15 is 0 Å². The smallest absolute Gasteiger partial charge is 0.226 e. The number of benzene rings is 1. The van der Waals surface area contributed by atoms with Crippen LogP contribution in [0.4, 0.5) is 5.95 Å². The Morgan fingerprint density at radius 3 is 2.70 bits per heavy atom. The number of rotatable bonds is 4. The number of hydrogen-bond acceptors (Lipinski definition) is 5. The summed E-state index contributed by atoms with van der Waals surface area (Å²) in [5, 5.41) is 5.35. The largest absolute Gasteiger partial charge is 0.341 e. The van der Waals surface area contributed by atoms with Gasteiger partial charge in [-0.2, -0.15) is 11.3 Å². The molecule has 1 aromatic carbocycles. The van der Waals surface area contributed by atoms with Gasteiger partial charge in [-0.3, -0.25) is 4.79 Å². The summed E-state index contributed by atoms with van der Waals surface area (Å²) in [6, 6.07) is 6.66. The number of aryl methyl sites for hydroxylation is 3. The van der Waals surface area contributed by atoms with Crippen molar-refractivity contribution >= 4 is 34.1 Å². The minimum Gasteiger partial charge on any atom is -0.341 e. The number of carbonyl (C=O) groups is 1. The fourth-order valence-electron chi connectivity index (χ4n) is 4.85. The number of piperidine rings is 1. The number of fused-ring (bicyclic) bond motifs is 2. The molecule has 156 valence electrons. The molecular weight excluding hydrogens is 392 g/mol. The van der Waals surface area contributed by atoms with Gasteiger partial charge >= 0.3 is 0 Å². The maximum atomic E-state index is 12.9. The monoisotopic (exact) mass is 420 g/mol. The second kappa shape index (κ2) is 7.99. The molecule has 0 spiro atoms. The maximum Gasteiger partial charge on any atom is 0.226 e. The standard InChI is InChI=1S/C24H28N4OS/c1-16-21-12-19-4-3-5-20(19)13-22(21)26-24(25-16)28-9-6-18(7-10-28)23(29)27(2)14-17-8-11-30-15-17/h8,11-13,15,18H,3-7,9-10,14H2,1-2H3. The van der Waals surface area contributed by atoms with Gasteiger partial charge in [-0.1, -0.05) is 0 Å². The summed E-state index contributed by atoms with van der Waals surface area (Å²) >= 11 is 1.68. The Labute approximate surface area is 181 Å². The van der Waals surface area contributed by atoms with Gasteiger partial charge in [-0.15, -0.1) is 0 Å². The molecule has 5 rings (SSSR count). The van der Waals surface area contributed by atoms with Gasteiger partial charge in [0.25, 0.3) is 0 Å². The van der Waals surface area contributed by atoms with Gasteiger partial charge in [0, 0.05) is 38.0 Å². The fraction of sp³-hybridized carbons (Fsp3) is 0.458. The first-order valence-corrected chi connectivity index (χ1v) is 11.8. The van der Waals surface area contributed by atoms with Crippen molar-refractivity contribution in [2.24, 2.45) is 5.92 Å². The molecule has 1 saturated heterocycles. The third-order valence-corrected chi connectivity index (χ3v) is 7.32. The lowest BCUT2D eigenvalue weighted by Crippen LogP contribution is -2.41. The van der Waals surface area contributed by atoms with Crippen LogP contribution in [0.5, 0.6) is 0 Å². The van der Waals surface area contributed by atoms with E-state index in [9.17, 15) is 4.79 Å². The molecule has 30 heavy (non-hydrogen) atoms. The van der Waals surface area contributed by atoms with E-state index < -0.39 is 0 Å². The summed E-state index contributed by atoms with van der Waals surface area (Å²) in [6.45, 7) is 4.45. The van der Waals surface area contributed by atoms with Crippen LogP contribution in [-0.2, 0) is 24.2 Å². The second-order valence-electron chi connectivity index (χ2n) is 8.69. The lowest BCUT2D eigenvalue weighted by atomic mass is 9.95. The van der Waals surface area contributed by atoms with Crippen LogP contribution in [0.3, 0.4) is 0 Å². The average Bonchev–Trinajstić information content (AvgIpc) is 3.43. The molecule has 1 aliphatic carbocycles. The Morgan fingerprint density at radius 1 is 1.20 bits per heavy atom. The van der Waals surface area contributed by atoms with E-state index in [2.05, 4.69) is 40.8 Å². The van der Waals surface area contributed by atoms with Crippen molar-refractivity contribution in [3.63, 3.8) is 0 Å². The number of nitrogens with zero attached hydrogens (tertiary/aromatic N) is 4. The highest BCUT2D eigenvalue weighted by Gasteiger charge is 2.28. The van der Waals surface area contributed by atoms with Crippen LogP contribution >= 0.6 is 11.3 Å². The number of amides is 1. The predicted molar refractivity (Wildman–Crippen MR) is 122 cm³/mol. The van der Waals surface area contributed by atoms with Crippen molar-refractivity contribution in [2.75, 3.05) is 25.0 Å². The van der Waals surface area contributed by atoms with Crippen molar-refractivity contribution in [3.8, 4) is 0 Å². The van der Waals surface area contributed by atoms with E-state index in [1.807, 2.05) is 11.9 Å². The van der Waals surface area contributed by atoms with Gasteiger partial charge in [0.15, 0.2) is 0 Å². The van der Waals surface area contributed by atoms with E-state index in [4.69, 9.17) is 9.97 Å². The summed E-state index contributed by atoms with van der Waals surface area (Å²) in [5.41, 5.74) is 6.24. The molecule has 0 atom stereocenters. The molecule has 1 fully saturated rings. The van der Waals surface area contributed by atoms with E-state index in [0.717, 1.165) is 49.5 Å². The van der Waals surface area contributed by atoms with Crippen LogP contribution in [-0.4, -0.2) is 40.9 Å². The van der Waals surface area contributed by atoms with Crippen molar-refractivity contribution in [2.45, 2.75) is 45.6 Å². The van der Waals surface area contributed by atoms with E-state index in [-0.39, 0.29) is 11.8 Å². The minimum atomic E-state index is 0.0923. The first-order chi connectivity index (χ1) is 14.6. The summed E-state index contributed by atoms with van der Waals surface area (Å²) in [6.07, 6.45) is 5.30. The SMILES string of the molecule is Cc1nc(N2CCC(C(=O)N(C)Cc3ccsc3)CC2)nc2cc3c(cc12)CCC3. The number of hydrogen-bond donors (Lipinski definition) is 0. The third kappa shape index (κ3) is 3.69. The van der Waals surface area contributed by atoms with E-state index in [1.165, 1.54) is 34.9 Å². The van der Waals surface area contributed by atoms with E-state index in [0.29, 0.717) is 6.54 Å². The summed E-state index contributed by atoms with van der Waals surface area (Å²) in [4.78, 5) is 26.8. The van der Waals surface area contributed by atoms with Crippen molar-refractivity contribution in [1.29, 1.82) is 0 Å². The second-order valence-corrected chi connectivity index (χ2v) is 9.47. The Morgan fingerprint density at radius 2 is 1.97 bits per heavy atom. The normalized spacial score (nSPS) is 16.8. The van der Waals surface area contributed by atoms with Gasteiger partial charge in [0.2, 0.25) is 11.9 Å². The molecule has 0 unspecified atom stereocenters. The minimum absolute atomic E-state index is 0.0923. The van der Waals surface area contributed by atoms with Crippen molar-refractivity contribution < 1.29 is 4.79 Å². The molecule has 3 aromatic rings. The number of anilines is 1. The highest BCUT2D eigenvalue weighted by atomic mass is 32.1. The Hall–Kier alpha value is -2.47. The molecule has 6 heteroatoms. The van der Waals surface area contributed by atoms with Crippen LogP contribution < -0.4 is 4.90 Å². The van der Waals surface area contributed by atoms with Crippen LogP contribution in [0.15, 0.2) is 29.0 Å². The lowest BCUT2D eigenvalue weighted by molar-refractivity contribution is -0.135. The molecular formula is C24H28N4OS. The van der Waals surface area contributed by atoms with Crippen LogP contribution in [0.1, 0.15) is 41.6 Å². The van der Waals surface area contributed by atoms with Gasteiger partial charge in [0.05, 0.1) is 11.2 Å². The van der Waals surface area contributed by atoms with E-state index in [1.54, 1.807) is 11.3 Å². The van der Waals surface area contributed by atoms with Crippen molar-refractivity contribution in [3.05, 3.63) is 51.3 Å². The molecule has 2 aromatic heterocycles. The first-order valence-electron chi connectivity index (χ1n) is 10.9. The highest BCUT2D eigenvalue weighted by molar-refractivity contribution is 7.07. The summed E-state index contributed by atoms with van der Waals surface area (Å²) in [7, 11) is 1.92. The lowest BCUT2D eigenvalue weighted by Gasteiger charge is -2.33. The molecule has 2 aliphatic rings. The summed E-state index contributed by atoms with van der Waals surface area (Å²) < 4.78 is 0. The highest BCUT2D eigenvalue weighted by Crippen LogP contribution is 2.30. The van der Waals surface area contributed by atoms with Crippen LogP contribution in [0.25, 0.3) is 10.9 Å². The first kappa shape index (κ1) is 19.5. The Balaban J connectivity index is 1.27. The molecule has 1 amide bonds. The van der Waals surface area contributed by atoms with Crippen LogP contribution in [0.2, 0.25) is 0 Å². The fourth-order valence-corrected chi connectivity index (χ4v) is 5.51. The maximum absolute atomic E-state index is 12.9. The molecule has 0 saturated carbocycles. The molecule has 1 aliphatic heterocycles. The van der Waals surface area contributed by atoms with Gasteiger partial charge in [-0.25, -0.2) is 9.97 Å². The van der Waals surface area contributed by atoms with Crippen LogP contribution in [0, 0.1) is 12.8 Å². The quantitative estimate of drug-likeness (QED) is 0.629. The summed E-state index contributed by atoms with van der Waals surface area (Å²) in [5.74, 6) is 1.16.